The van der Waals surface area contributed by atoms with E-state index < -0.39 is 12.1 Å². The lowest BCUT2D eigenvalue weighted by molar-refractivity contribution is -0.150. The van der Waals surface area contributed by atoms with Crippen molar-refractivity contribution in [2.75, 3.05) is 13.7 Å². The summed E-state index contributed by atoms with van der Waals surface area (Å²) < 4.78 is 10.4. The molecular formula is C14H20O4. The largest absolute Gasteiger partial charge is 0.497 e. The first-order chi connectivity index (χ1) is 8.52. The van der Waals surface area contributed by atoms with Crippen LogP contribution in [0.25, 0.3) is 0 Å². The number of rotatable bonds is 7. The van der Waals surface area contributed by atoms with Crippen LogP contribution in [0.4, 0.5) is 0 Å². The number of ether oxygens (including phenoxy) is 2. The Morgan fingerprint density at radius 2 is 1.89 bits per heavy atom. The van der Waals surface area contributed by atoms with Gasteiger partial charge in [0.15, 0.2) is 6.10 Å². The Hall–Kier alpha value is -1.55. The van der Waals surface area contributed by atoms with Crippen LogP contribution in [0.15, 0.2) is 24.3 Å². The van der Waals surface area contributed by atoms with Crippen molar-refractivity contribution < 1.29 is 19.4 Å². The molecule has 1 N–H and O–H groups in total. The van der Waals surface area contributed by atoms with Gasteiger partial charge < -0.3 is 14.6 Å². The van der Waals surface area contributed by atoms with Crippen LogP contribution in [0.2, 0.25) is 0 Å². The number of aliphatic carboxylic acids is 1. The zero-order valence-electron chi connectivity index (χ0n) is 11.1. The van der Waals surface area contributed by atoms with Crippen molar-refractivity contribution in [1.82, 2.24) is 0 Å². The third-order valence-corrected chi connectivity index (χ3v) is 2.49. The molecule has 0 amide bonds. The molecule has 0 aliphatic heterocycles. The molecule has 0 aliphatic rings. The van der Waals surface area contributed by atoms with Gasteiger partial charge in [0.05, 0.1) is 13.7 Å². The van der Waals surface area contributed by atoms with Gasteiger partial charge in [-0.15, -0.1) is 0 Å². The number of carboxylic acids is 1. The minimum Gasteiger partial charge on any atom is -0.497 e. The second kappa shape index (κ2) is 7.01. The molecule has 1 atom stereocenters. The number of benzene rings is 1. The van der Waals surface area contributed by atoms with Crippen LogP contribution in [-0.4, -0.2) is 30.9 Å². The fourth-order valence-corrected chi connectivity index (χ4v) is 1.50. The molecule has 1 aromatic rings. The van der Waals surface area contributed by atoms with E-state index in [2.05, 4.69) is 0 Å². The fourth-order valence-electron chi connectivity index (χ4n) is 1.50. The molecule has 0 aliphatic carbocycles. The first-order valence-electron chi connectivity index (χ1n) is 6.00. The Morgan fingerprint density at radius 3 is 2.33 bits per heavy atom. The number of hydrogen-bond acceptors (Lipinski definition) is 3. The highest BCUT2D eigenvalue weighted by atomic mass is 16.5. The first kappa shape index (κ1) is 14.5. The summed E-state index contributed by atoms with van der Waals surface area (Å²) in [7, 11) is 1.60. The highest BCUT2D eigenvalue weighted by Crippen LogP contribution is 2.14. The van der Waals surface area contributed by atoms with E-state index in [-0.39, 0.29) is 0 Å². The molecule has 0 spiro atoms. The summed E-state index contributed by atoms with van der Waals surface area (Å²) in [5.41, 5.74) is 0.923. The minimum atomic E-state index is -0.925. The predicted octanol–water partition coefficient (Wildman–Crippen LogP) is 2.36. The van der Waals surface area contributed by atoms with Crippen LogP contribution in [0.5, 0.6) is 5.75 Å². The zero-order valence-corrected chi connectivity index (χ0v) is 11.1. The molecule has 1 aromatic carbocycles. The van der Waals surface area contributed by atoms with Gasteiger partial charge in [0.2, 0.25) is 0 Å². The van der Waals surface area contributed by atoms with E-state index in [1.165, 1.54) is 0 Å². The van der Waals surface area contributed by atoms with E-state index in [4.69, 9.17) is 14.6 Å². The van der Waals surface area contributed by atoms with Crippen LogP contribution in [0.1, 0.15) is 19.4 Å². The second-order valence-electron chi connectivity index (χ2n) is 4.61. The van der Waals surface area contributed by atoms with Crippen molar-refractivity contribution in [2.45, 2.75) is 26.4 Å². The Morgan fingerprint density at radius 1 is 1.28 bits per heavy atom. The maximum Gasteiger partial charge on any atom is 0.333 e. The van der Waals surface area contributed by atoms with Crippen LogP contribution < -0.4 is 4.74 Å². The van der Waals surface area contributed by atoms with Gasteiger partial charge in [0, 0.05) is 6.42 Å². The molecule has 0 aromatic heterocycles. The van der Waals surface area contributed by atoms with Crippen LogP contribution in [0.3, 0.4) is 0 Å². The lowest BCUT2D eigenvalue weighted by atomic mass is 10.1. The van der Waals surface area contributed by atoms with Crippen LogP contribution in [-0.2, 0) is 16.0 Å². The second-order valence-corrected chi connectivity index (χ2v) is 4.61. The molecule has 4 nitrogen and oxygen atoms in total. The third-order valence-electron chi connectivity index (χ3n) is 2.49. The van der Waals surface area contributed by atoms with Gasteiger partial charge in [-0.2, -0.15) is 0 Å². The van der Waals surface area contributed by atoms with Gasteiger partial charge in [0.25, 0.3) is 0 Å². The maximum absolute atomic E-state index is 11.1. The highest BCUT2D eigenvalue weighted by Gasteiger charge is 2.19. The molecule has 4 heteroatoms. The van der Waals surface area contributed by atoms with E-state index in [9.17, 15) is 4.79 Å². The molecule has 18 heavy (non-hydrogen) atoms. The first-order valence-corrected chi connectivity index (χ1v) is 6.00. The van der Waals surface area contributed by atoms with Gasteiger partial charge in [-0.3, -0.25) is 0 Å². The lowest BCUT2D eigenvalue weighted by Gasteiger charge is -2.15. The molecule has 0 unspecified atom stereocenters. The summed E-state index contributed by atoms with van der Waals surface area (Å²) in [6.07, 6.45) is -0.424. The summed E-state index contributed by atoms with van der Waals surface area (Å²) >= 11 is 0. The van der Waals surface area contributed by atoms with Crippen molar-refractivity contribution in [3.8, 4) is 5.75 Å². The monoisotopic (exact) mass is 252 g/mol. The molecular weight excluding hydrogens is 232 g/mol. The smallest absolute Gasteiger partial charge is 0.333 e. The standard InChI is InChI=1S/C14H20O4/c1-10(2)9-18-13(14(15)16)8-11-4-6-12(17-3)7-5-11/h4-7,10,13H,8-9H2,1-3H3,(H,15,16)/t13-/m1/s1. The minimum absolute atomic E-state index is 0.322. The predicted molar refractivity (Wildman–Crippen MR) is 68.9 cm³/mol. The molecule has 0 fully saturated rings. The molecule has 0 heterocycles. The van der Waals surface area contributed by atoms with Crippen molar-refractivity contribution in [1.29, 1.82) is 0 Å². The van der Waals surface area contributed by atoms with Crippen molar-refractivity contribution >= 4 is 5.97 Å². The molecule has 100 valence electrons. The summed E-state index contributed by atoms with van der Waals surface area (Å²) in [5, 5.41) is 9.10. The summed E-state index contributed by atoms with van der Waals surface area (Å²) in [5.74, 6) is 0.155. The van der Waals surface area contributed by atoms with Gasteiger partial charge >= 0.3 is 5.97 Å². The van der Waals surface area contributed by atoms with Gasteiger partial charge in [-0.05, 0) is 23.6 Å². The van der Waals surface area contributed by atoms with Crippen LogP contribution >= 0.6 is 0 Å². The average Bonchev–Trinajstić information content (AvgIpc) is 2.34. The van der Waals surface area contributed by atoms with E-state index in [1.807, 2.05) is 38.1 Å². The quantitative estimate of drug-likeness (QED) is 0.809. The third kappa shape index (κ3) is 4.75. The van der Waals surface area contributed by atoms with Gasteiger partial charge in [-0.25, -0.2) is 4.79 Å². The summed E-state index contributed by atoms with van der Waals surface area (Å²) in [6, 6.07) is 7.34. The van der Waals surface area contributed by atoms with E-state index in [1.54, 1.807) is 7.11 Å². The topological polar surface area (TPSA) is 55.8 Å². The Kier molecular flexibility index (Phi) is 5.65. The zero-order chi connectivity index (χ0) is 13.5. The number of carboxylic acid groups (broad SMARTS) is 1. The van der Waals surface area contributed by atoms with Gasteiger partial charge in [0.1, 0.15) is 5.75 Å². The van der Waals surface area contributed by atoms with Crippen molar-refractivity contribution in [3.63, 3.8) is 0 Å². The number of methoxy groups -OCH3 is 1. The molecule has 0 saturated heterocycles. The van der Waals surface area contributed by atoms with Gasteiger partial charge in [-0.1, -0.05) is 26.0 Å². The number of hydrogen-bond donors (Lipinski definition) is 1. The van der Waals surface area contributed by atoms with E-state index >= 15 is 0 Å². The molecule has 0 radical (unpaired) electrons. The highest BCUT2D eigenvalue weighted by molar-refractivity contribution is 5.72. The van der Waals surface area contributed by atoms with E-state index in [0.29, 0.717) is 18.9 Å². The summed E-state index contributed by atoms with van der Waals surface area (Å²) in [4.78, 5) is 11.1. The molecule has 1 rings (SSSR count). The normalized spacial score (nSPS) is 12.4. The Balaban J connectivity index is 2.61. The van der Waals surface area contributed by atoms with Crippen LogP contribution in [0, 0.1) is 5.92 Å². The average molecular weight is 252 g/mol. The molecule has 0 bridgehead atoms. The van der Waals surface area contributed by atoms with Crippen molar-refractivity contribution in [2.24, 2.45) is 5.92 Å². The Bertz CT molecular complexity index is 370. The summed E-state index contributed by atoms with van der Waals surface area (Å²) in [6.45, 7) is 4.44. The lowest BCUT2D eigenvalue weighted by Crippen LogP contribution is -2.27. The van der Waals surface area contributed by atoms with Crippen molar-refractivity contribution in [3.05, 3.63) is 29.8 Å². The SMILES string of the molecule is COc1ccc(C[C@@H](OCC(C)C)C(=O)O)cc1. The fraction of sp³-hybridized carbons (Fsp3) is 0.500. The maximum atomic E-state index is 11.1. The molecule has 0 saturated carbocycles. The Labute approximate surface area is 108 Å². The van der Waals surface area contributed by atoms with E-state index in [0.717, 1.165) is 11.3 Å². The number of carbonyl (C=O) groups is 1.